The van der Waals surface area contributed by atoms with Crippen LogP contribution >= 0.6 is 0 Å². The van der Waals surface area contributed by atoms with E-state index in [1.807, 2.05) is 0 Å². The van der Waals surface area contributed by atoms with E-state index in [0.717, 1.165) is 77.8 Å². The number of likely N-dealkylation sites (tertiary alicyclic amines) is 3. The molecule has 7 nitrogen and oxygen atoms in total. The summed E-state index contributed by atoms with van der Waals surface area (Å²) in [5.41, 5.74) is 0.116. The fraction of sp³-hybridized carbons (Fsp3) is 0.889. The molecule has 35 heavy (non-hydrogen) atoms. The Morgan fingerprint density at radius 1 is 0.914 bits per heavy atom. The van der Waals surface area contributed by atoms with Crippen LogP contribution in [0.15, 0.2) is 0 Å². The van der Waals surface area contributed by atoms with Crippen LogP contribution in [0.1, 0.15) is 64.7 Å². The Balaban J connectivity index is 1.65. The van der Waals surface area contributed by atoms with Crippen LogP contribution in [0.5, 0.6) is 0 Å². The summed E-state index contributed by atoms with van der Waals surface area (Å²) in [6.45, 7) is 9.61. The topological polar surface area (TPSA) is 91.4 Å². The van der Waals surface area contributed by atoms with Crippen molar-refractivity contribution in [2.75, 3.05) is 64.4 Å². The van der Waals surface area contributed by atoms with E-state index in [1.165, 1.54) is 25.5 Å². The fourth-order valence-corrected chi connectivity index (χ4v) is 7.56. The molecule has 3 heterocycles. The van der Waals surface area contributed by atoms with Crippen LogP contribution in [-0.4, -0.2) is 93.5 Å². The predicted octanol–water partition coefficient (Wildman–Crippen LogP) is 3.35. The van der Waals surface area contributed by atoms with Gasteiger partial charge in [-0.05, 0) is 108 Å². The number of nitriles is 2. The van der Waals surface area contributed by atoms with E-state index >= 15 is 0 Å². The van der Waals surface area contributed by atoms with Crippen molar-refractivity contribution >= 4 is 9.84 Å². The van der Waals surface area contributed by atoms with Gasteiger partial charge < -0.3 is 4.90 Å². The van der Waals surface area contributed by atoms with Gasteiger partial charge in [-0.15, -0.1) is 0 Å². The average Bonchev–Trinajstić information content (AvgIpc) is 2.84. The van der Waals surface area contributed by atoms with Crippen molar-refractivity contribution < 1.29 is 8.42 Å². The number of hydrogen-bond acceptors (Lipinski definition) is 7. The molecule has 3 atom stereocenters. The van der Waals surface area contributed by atoms with Crippen LogP contribution < -0.4 is 0 Å². The first-order chi connectivity index (χ1) is 16.7. The summed E-state index contributed by atoms with van der Waals surface area (Å²) in [7, 11) is -2.92. The lowest BCUT2D eigenvalue weighted by atomic mass is 9.60. The third-order valence-corrected chi connectivity index (χ3v) is 9.99. The Labute approximate surface area is 214 Å². The summed E-state index contributed by atoms with van der Waals surface area (Å²) < 4.78 is 23.5. The molecule has 0 amide bonds. The van der Waals surface area contributed by atoms with Crippen molar-refractivity contribution in [2.24, 2.45) is 17.3 Å². The van der Waals surface area contributed by atoms with E-state index in [2.05, 4.69) is 40.2 Å². The summed E-state index contributed by atoms with van der Waals surface area (Å²) in [6, 6.07) is 5.04. The number of sulfone groups is 1. The Hall–Kier alpha value is -1.19. The third-order valence-electron chi connectivity index (χ3n) is 9.01. The second-order valence-electron chi connectivity index (χ2n) is 11.4. The minimum absolute atomic E-state index is 0.116. The minimum Gasteiger partial charge on any atom is -0.300 e. The molecule has 0 bridgehead atoms. The van der Waals surface area contributed by atoms with Crippen molar-refractivity contribution in [2.45, 2.75) is 70.8 Å². The lowest BCUT2D eigenvalue weighted by Crippen LogP contribution is -2.49. The fourth-order valence-electron chi connectivity index (χ4n) is 6.86. The van der Waals surface area contributed by atoms with Gasteiger partial charge >= 0.3 is 0 Å². The minimum atomic E-state index is -2.92. The maximum Gasteiger partial charge on any atom is 0.147 e. The molecule has 3 saturated heterocycles. The molecular formula is C27H46N5O2S. The second-order valence-corrected chi connectivity index (χ2v) is 13.7. The average molecular weight is 505 g/mol. The Kier molecular flexibility index (Phi) is 10.9. The summed E-state index contributed by atoms with van der Waals surface area (Å²) >= 11 is 0. The molecule has 8 heteroatoms. The van der Waals surface area contributed by atoms with Crippen LogP contribution in [0.25, 0.3) is 0 Å². The maximum absolute atomic E-state index is 11.7. The van der Waals surface area contributed by atoms with Gasteiger partial charge in [0.15, 0.2) is 0 Å². The van der Waals surface area contributed by atoms with Crippen LogP contribution in [0, 0.1) is 46.3 Å². The van der Waals surface area contributed by atoms with Crippen LogP contribution in [0.3, 0.4) is 0 Å². The lowest BCUT2D eigenvalue weighted by Gasteiger charge is -2.50. The normalized spacial score (nSPS) is 27.7. The quantitative estimate of drug-likeness (QED) is 0.399. The molecule has 0 aliphatic carbocycles. The van der Waals surface area contributed by atoms with Gasteiger partial charge in [0.05, 0.1) is 31.0 Å². The van der Waals surface area contributed by atoms with Crippen LogP contribution in [0.4, 0.5) is 0 Å². The van der Waals surface area contributed by atoms with E-state index in [0.29, 0.717) is 31.0 Å². The van der Waals surface area contributed by atoms with E-state index in [1.54, 1.807) is 0 Å². The summed E-state index contributed by atoms with van der Waals surface area (Å²) in [4.78, 5) is 7.15. The Bertz CT molecular complexity index is 843. The highest BCUT2D eigenvalue weighted by atomic mass is 32.2. The highest BCUT2D eigenvalue weighted by Gasteiger charge is 2.43. The van der Waals surface area contributed by atoms with Gasteiger partial charge in [-0.2, -0.15) is 10.5 Å². The standard InChI is InChI=1S/C27H46N5O2S/c1-27(24-9-18-30(19-10-24)20-13-28,25-7-5-15-31(23-25)21-14-29)12-6-17-32-16-4-3-8-26(32)11-22-35(2,33)34/h12,24-26H,3-11,15-23H2,1-2H3. The molecule has 0 saturated carbocycles. The van der Waals surface area contributed by atoms with Gasteiger partial charge in [-0.3, -0.25) is 9.80 Å². The zero-order valence-electron chi connectivity index (χ0n) is 22.0. The monoisotopic (exact) mass is 504 g/mol. The Morgan fingerprint density at radius 2 is 1.63 bits per heavy atom. The van der Waals surface area contributed by atoms with E-state index in [4.69, 9.17) is 5.26 Å². The van der Waals surface area contributed by atoms with Gasteiger partial charge in [0.2, 0.25) is 0 Å². The molecule has 3 aliphatic heterocycles. The van der Waals surface area contributed by atoms with Gasteiger partial charge in [-0.1, -0.05) is 13.3 Å². The second kappa shape index (κ2) is 13.4. The van der Waals surface area contributed by atoms with E-state index in [9.17, 15) is 13.7 Å². The molecule has 3 rings (SSSR count). The molecule has 0 N–H and O–H groups in total. The van der Waals surface area contributed by atoms with Crippen molar-refractivity contribution in [3.63, 3.8) is 0 Å². The maximum atomic E-state index is 11.7. The zero-order chi connectivity index (χ0) is 25.3. The van der Waals surface area contributed by atoms with Crippen molar-refractivity contribution in [1.29, 1.82) is 10.5 Å². The number of rotatable bonds is 11. The van der Waals surface area contributed by atoms with Gasteiger partial charge in [-0.25, -0.2) is 8.42 Å². The third kappa shape index (κ3) is 8.42. The number of nitrogens with zero attached hydrogens (tertiary/aromatic N) is 5. The molecule has 197 valence electrons. The van der Waals surface area contributed by atoms with Crippen molar-refractivity contribution in [1.82, 2.24) is 14.7 Å². The predicted molar refractivity (Wildman–Crippen MR) is 140 cm³/mol. The highest BCUT2D eigenvalue weighted by Crippen LogP contribution is 2.47. The summed E-state index contributed by atoms with van der Waals surface area (Å²) in [5, 5.41) is 18.4. The summed E-state index contributed by atoms with van der Waals surface area (Å²) in [5.74, 6) is 1.44. The molecule has 0 aromatic carbocycles. The number of hydrogen-bond donors (Lipinski definition) is 0. The Morgan fingerprint density at radius 3 is 2.31 bits per heavy atom. The number of piperidine rings is 3. The zero-order valence-corrected chi connectivity index (χ0v) is 22.8. The SMILES string of the molecule is CC([CH]CCN1CCCCC1CCS(C)(=O)=O)(C1CCN(CC#N)CC1)C1CCCN(CC#N)C1. The van der Waals surface area contributed by atoms with Crippen LogP contribution in [-0.2, 0) is 9.84 Å². The molecule has 3 unspecified atom stereocenters. The molecular weight excluding hydrogens is 458 g/mol. The summed E-state index contributed by atoms with van der Waals surface area (Å²) in [6.07, 6.45) is 13.9. The molecule has 0 aromatic rings. The first kappa shape index (κ1) is 28.4. The lowest BCUT2D eigenvalue weighted by molar-refractivity contribution is 0.0234. The molecule has 3 fully saturated rings. The van der Waals surface area contributed by atoms with E-state index < -0.39 is 9.84 Å². The van der Waals surface area contributed by atoms with Gasteiger partial charge in [0, 0.05) is 18.8 Å². The first-order valence-electron chi connectivity index (χ1n) is 13.7. The van der Waals surface area contributed by atoms with Gasteiger partial charge in [0.25, 0.3) is 0 Å². The highest BCUT2D eigenvalue weighted by molar-refractivity contribution is 7.90. The van der Waals surface area contributed by atoms with E-state index in [-0.39, 0.29) is 11.2 Å². The van der Waals surface area contributed by atoms with Crippen molar-refractivity contribution in [3.8, 4) is 12.1 Å². The molecule has 1 radical (unpaired) electrons. The molecule has 0 aromatic heterocycles. The van der Waals surface area contributed by atoms with Crippen LogP contribution in [0.2, 0.25) is 0 Å². The molecule has 3 aliphatic rings. The van der Waals surface area contributed by atoms with Crippen molar-refractivity contribution in [3.05, 3.63) is 6.42 Å². The smallest absolute Gasteiger partial charge is 0.147 e. The van der Waals surface area contributed by atoms with Gasteiger partial charge in [0.1, 0.15) is 9.84 Å². The largest absolute Gasteiger partial charge is 0.300 e. The first-order valence-corrected chi connectivity index (χ1v) is 15.8. The molecule has 0 spiro atoms.